The summed E-state index contributed by atoms with van der Waals surface area (Å²) in [4.78, 5) is 36.7. The van der Waals surface area contributed by atoms with Crippen LogP contribution in [0.3, 0.4) is 0 Å². The van der Waals surface area contributed by atoms with Crippen LogP contribution in [0.15, 0.2) is 42.6 Å². The standard InChI is InChI=1S/C22H24N4O3/c1-25(11-3-13-27)21(28)17-5-2-4-15-14-26(12-9-16(15)17)22(29)20-7-6-18-19(24-20)8-10-23-18/h2,4-8,10,23,27H,3,9,11-14H2,1H3. The number of aliphatic hydroxyl groups excluding tert-OH is 1. The highest BCUT2D eigenvalue weighted by atomic mass is 16.3. The molecule has 0 spiro atoms. The lowest BCUT2D eigenvalue weighted by Crippen LogP contribution is -2.38. The topological polar surface area (TPSA) is 89.5 Å². The van der Waals surface area contributed by atoms with Crippen LogP contribution in [0, 0.1) is 0 Å². The maximum absolute atomic E-state index is 13.0. The van der Waals surface area contributed by atoms with E-state index in [9.17, 15) is 9.59 Å². The Labute approximate surface area is 169 Å². The maximum Gasteiger partial charge on any atom is 0.272 e. The third kappa shape index (κ3) is 3.73. The van der Waals surface area contributed by atoms with Crippen LogP contribution >= 0.6 is 0 Å². The lowest BCUT2D eigenvalue weighted by molar-refractivity contribution is 0.0728. The second-order valence-corrected chi connectivity index (χ2v) is 7.33. The maximum atomic E-state index is 13.0. The minimum absolute atomic E-state index is 0.0466. The SMILES string of the molecule is CN(CCCO)C(=O)c1cccc2c1CCN(C(=O)c1ccc3[nH]ccc3n1)C2. The Balaban J connectivity index is 1.54. The molecule has 2 aromatic heterocycles. The highest BCUT2D eigenvalue weighted by Gasteiger charge is 2.26. The summed E-state index contributed by atoms with van der Waals surface area (Å²) in [7, 11) is 1.75. The fourth-order valence-corrected chi connectivity index (χ4v) is 3.81. The molecule has 1 aliphatic heterocycles. The second-order valence-electron chi connectivity index (χ2n) is 7.33. The lowest BCUT2D eigenvalue weighted by Gasteiger charge is -2.30. The van der Waals surface area contributed by atoms with E-state index in [1.54, 1.807) is 29.1 Å². The molecule has 3 aromatic rings. The van der Waals surface area contributed by atoms with Gasteiger partial charge in [-0.1, -0.05) is 12.1 Å². The Kier molecular flexibility index (Phi) is 5.31. The molecule has 0 aliphatic carbocycles. The zero-order valence-electron chi connectivity index (χ0n) is 16.4. The smallest absolute Gasteiger partial charge is 0.272 e. The molecule has 29 heavy (non-hydrogen) atoms. The summed E-state index contributed by atoms with van der Waals surface area (Å²) in [6.45, 7) is 1.58. The molecule has 2 amide bonds. The van der Waals surface area contributed by atoms with Gasteiger partial charge in [-0.25, -0.2) is 4.98 Å². The predicted octanol–water partition coefficient (Wildman–Crippen LogP) is 2.22. The van der Waals surface area contributed by atoms with E-state index in [1.807, 2.05) is 30.3 Å². The predicted molar refractivity (Wildman–Crippen MR) is 110 cm³/mol. The third-order valence-electron chi connectivity index (χ3n) is 5.41. The monoisotopic (exact) mass is 392 g/mol. The number of nitrogens with one attached hydrogen (secondary N) is 1. The molecule has 0 saturated heterocycles. The molecule has 2 N–H and O–H groups in total. The van der Waals surface area contributed by atoms with Crippen LogP contribution in [0.5, 0.6) is 0 Å². The van der Waals surface area contributed by atoms with Crippen molar-refractivity contribution in [3.05, 3.63) is 65.0 Å². The van der Waals surface area contributed by atoms with Crippen molar-refractivity contribution in [3.63, 3.8) is 0 Å². The van der Waals surface area contributed by atoms with Crippen molar-refractivity contribution in [3.8, 4) is 0 Å². The van der Waals surface area contributed by atoms with Gasteiger partial charge < -0.3 is 19.9 Å². The number of amides is 2. The highest BCUT2D eigenvalue weighted by molar-refractivity contribution is 5.97. The van der Waals surface area contributed by atoms with E-state index in [0.717, 1.165) is 22.2 Å². The normalized spacial score (nSPS) is 13.4. The number of nitrogens with zero attached hydrogens (tertiary/aromatic N) is 3. The highest BCUT2D eigenvalue weighted by Crippen LogP contribution is 2.25. The van der Waals surface area contributed by atoms with Gasteiger partial charge in [-0.2, -0.15) is 0 Å². The van der Waals surface area contributed by atoms with Gasteiger partial charge in [0.15, 0.2) is 0 Å². The lowest BCUT2D eigenvalue weighted by atomic mass is 9.93. The molecule has 0 fully saturated rings. The number of rotatable bonds is 5. The Morgan fingerprint density at radius 2 is 2.10 bits per heavy atom. The average molecular weight is 392 g/mol. The molecule has 0 bridgehead atoms. The summed E-state index contributed by atoms with van der Waals surface area (Å²) >= 11 is 0. The van der Waals surface area contributed by atoms with Gasteiger partial charge in [0.1, 0.15) is 5.69 Å². The van der Waals surface area contributed by atoms with Gasteiger partial charge >= 0.3 is 0 Å². The van der Waals surface area contributed by atoms with E-state index in [-0.39, 0.29) is 18.4 Å². The van der Waals surface area contributed by atoms with Crippen LogP contribution in [-0.2, 0) is 13.0 Å². The number of pyridine rings is 1. The van der Waals surface area contributed by atoms with Crippen LogP contribution in [0.2, 0.25) is 0 Å². The number of aromatic nitrogens is 2. The van der Waals surface area contributed by atoms with E-state index in [0.29, 0.717) is 43.7 Å². The van der Waals surface area contributed by atoms with Crippen molar-refractivity contribution in [1.29, 1.82) is 0 Å². The molecular weight excluding hydrogens is 368 g/mol. The van der Waals surface area contributed by atoms with E-state index in [4.69, 9.17) is 5.11 Å². The third-order valence-corrected chi connectivity index (χ3v) is 5.41. The Morgan fingerprint density at radius 1 is 1.24 bits per heavy atom. The number of aliphatic hydroxyl groups is 1. The van der Waals surface area contributed by atoms with Crippen LogP contribution < -0.4 is 0 Å². The van der Waals surface area contributed by atoms with Crippen molar-refractivity contribution in [1.82, 2.24) is 19.8 Å². The molecule has 1 aliphatic rings. The van der Waals surface area contributed by atoms with Gasteiger partial charge in [0.25, 0.3) is 11.8 Å². The van der Waals surface area contributed by atoms with Crippen LogP contribution in [0.25, 0.3) is 11.0 Å². The Hall–Kier alpha value is -3.19. The van der Waals surface area contributed by atoms with Gasteiger partial charge in [-0.3, -0.25) is 9.59 Å². The number of aromatic amines is 1. The second kappa shape index (κ2) is 8.05. The minimum Gasteiger partial charge on any atom is -0.396 e. The molecule has 150 valence electrons. The molecule has 0 atom stereocenters. The van der Waals surface area contributed by atoms with E-state index in [1.165, 1.54) is 0 Å². The number of hydrogen-bond donors (Lipinski definition) is 2. The molecule has 3 heterocycles. The molecule has 4 rings (SSSR count). The summed E-state index contributed by atoms with van der Waals surface area (Å²) in [6, 6.07) is 11.1. The number of H-pyrrole nitrogens is 1. The molecule has 0 unspecified atom stereocenters. The molecular formula is C22H24N4O3. The molecule has 7 heteroatoms. The Morgan fingerprint density at radius 3 is 2.93 bits per heavy atom. The summed E-state index contributed by atoms with van der Waals surface area (Å²) < 4.78 is 0. The fourth-order valence-electron chi connectivity index (χ4n) is 3.81. The fraction of sp³-hybridized carbons (Fsp3) is 0.318. The first-order valence-corrected chi connectivity index (χ1v) is 9.79. The molecule has 1 aromatic carbocycles. The van der Waals surface area contributed by atoms with Gasteiger partial charge in [-0.15, -0.1) is 0 Å². The first kappa shape index (κ1) is 19.1. The van der Waals surface area contributed by atoms with Crippen molar-refractivity contribution >= 4 is 22.8 Å². The number of carbonyl (C=O) groups is 2. The summed E-state index contributed by atoms with van der Waals surface area (Å²) in [5, 5.41) is 9.00. The van der Waals surface area contributed by atoms with Crippen molar-refractivity contribution in [2.24, 2.45) is 0 Å². The van der Waals surface area contributed by atoms with Gasteiger partial charge in [0.2, 0.25) is 0 Å². The van der Waals surface area contributed by atoms with Crippen molar-refractivity contribution in [2.45, 2.75) is 19.4 Å². The van der Waals surface area contributed by atoms with E-state index >= 15 is 0 Å². The summed E-state index contributed by atoms with van der Waals surface area (Å²) in [5.74, 6) is -0.148. The first-order chi connectivity index (χ1) is 14.1. The van der Waals surface area contributed by atoms with Crippen LogP contribution in [0.4, 0.5) is 0 Å². The number of carbonyl (C=O) groups excluding carboxylic acids is 2. The minimum atomic E-state index is -0.101. The molecule has 0 radical (unpaired) electrons. The number of fused-ring (bicyclic) bond motifs is 2. The zero-order chi connectivity index (χ0) is 20.4. The zero-order valence-corrected chi connectivity index (χ0v) is 16.4. The summed E-state index contributed by atoms with van der Waals surface area (Å²) in [5.41, 5.74) is 4.78. The van der Waals surface area contributed by atoms with Gasteiger partial charge in [0, 0.05) is 45.0 Å². The number of benzene rings is 1. The molecule has 7 nitrogen and oxygen atoms in total. The first-order valence-electron chi connectivity index (χ1n) is 9.79. The van der Waals surface area contributed by atoms with Gasteiger partial charge in [0.05, 0.1) is 11.0 Å². The van der Waals surface area contributed by atoms with Crippen LogP contribution in [0.1, 0.15) is 38.4 Å². The Bertz CT molecular complexity index is 1060. The van der Waals surface area contributed by atoms with E-state index in [2.05, 4.69) is 9.97 Å². The van der Waals surface area contributed by atoms with Crippen LogP contribution in [-0.4, -0.2) is 63.4 Å². The number of hydrogen-bond acceptors (Lipinski definition) is 4. The van der Waals surface area contributed by atoms with Crippen molar-refractivity contribution in [2.75, 3.05) is 26.7 Å². The molecule has 0 saturated carbocycles. The van der Waals surface area contributed by atoms with Gasteiger partial charge in [-0.05, 0) is 48.2 Å². The van der Waals surface area contributed by atoms with Crippen molar-refractivity contribution < 1.29 is 14.7 Å². The van der Waals surface area contributed by atoms with E-state index < -0.39 is 0 Å². The largest absolute Gasteiger partial charge is 0.396 e. The quantitative estimate of drug-likeness (QED) is 0.697. The average Bonchev–Trinajstić information content (AvgIpc) is 3.23. The summed E-state index contributed by atoms with van der Waals surface area (Å²) in [6.07, 6.45) is 2.99.